The summed E-state index contributed by atoms with van der Waals surface area (Å²) >= 11 is 0. The van der Waals surface area contributed by atoms with E-state index in [1.165, 1.54) is 6.92 Å². The first-order valence-electron chi connectivity index (χ1n) is 7.42. The Kier molecular flexibility index (Phi) is 10.5. The third-order valence-corrected chi connectivity index (χ3v) is 2.99. The summed E-state index contributed by atoms with van der Waals surface area (Å²) < 4.78 is 0. The van der Waals surface area contributed by atoms with E-state index >= 15 is 0 Å². The quantitative estimate of drug-likeness (QED) is 0.173. The van der Waals surface area contributed by atoms with Gasteiger partial charge in [0.15, 0.2) is 0 Å². The molecule has 0 saturated carbocycles. The zero-order valence-corrected chi connectivity index (χ0v) is 14.0. The number of aliphatic hydroxyl groups excluding tert-OH is 3. The zero-order chi connectivity index (χ0) is 20.3. The first-order chi connectivity index (χ1) is 12.2. The van der Waals surface area contributed by atoms with Crippen molar-refractivity contribution < 1.29 is 39.3 Å². The number of amides is 5. The zero-order valence-electron chi connectivity index (χ0n) is 14.0. The lowest BCUT2D eigenvalue weighted by Gasteiger charge is -2.22. The van der Waals surface area contributed by atoms with Gasteiger partial charge in [0, 0.05) is 6.92 Å². The molecule has 3 atom stereocenters. The summed E-state index contributed by atoms with van der Waals surface area (Å²) in [4.78, 5) is 57.1. The van der Waals surface area contributed by atoms with Gasteiger partial charge in [-0.15, -0.1) is 0 Å². The molecule has 0 unspecified atom stereocenters. The lowest BCUT2D eigenvalue weighted by atomic mass is 10.2. The van der Waals surface area contributed by atoms with Crippen molar-refractivity contribution in [2.75, 3.05) is 26.4 Å². The molecule has 0 aromatic rings. The first-order valence-corrected chi connectivity index (χ1v) is 7.42. The van der Waals surface area contributed by atoms with Gasteiger partial charge in [-0.1, -0.05) is 0 Å². The van der Waals surface area contributed by atoms with Crippen molar-refractivity contribution in [3.63, 3.8) is 0 Å². The number of hydrogen-bond donors (Lipinski definition) is 8. The number of carbonyl (C=O) groups excluding carboxylic acids is 5. The number of carbonyl (C=O) groups is 5. The van der Waals surface area contributed by atoms with Crippen LogP contribution < -0.4 is 27.0 Å². The molecule has 0 spiro atoms. The average Bonchev–Trinajstić information content (AvgIpc) is 2.59. The predicted octanol–water partition coefficient (Wildman–Crippen LogP) is -5.96. The predicted molar refractivity (Wildman–Crippen MR) is 84.9 cm³/mol. The van der Waals surface area contributed by atoms with Crippen LogP contribution in [0.5, 0.6) is 0 Å². The van der Waals surface area contributed by atoms with Crippen molar-refractivity contribution in [2.24, 2.45) is 5.73 Å². The third-order valence-electron chi connectivity index (χ3n) is 2.99. The SMILES string of the molecule is CC(=O)NCC(=O)N[C@@H](CO)C(=O)N[C@@H](CO)C(=O)N[C@@H](CO)C(N)=O. The second-order valence-corrected chi connectivity index (χ2v) is 5.10. The molecule has 0 aromatic carbocycles. The molecule has 0 aliphatic rings. The van der Waals surface area contributed by atoms with E-state index in [0.717, 1.165) is 0 Å². The number of primary amides is 1. The van der Waals surface area contributed by atoms with Gasteiger partial charge in [0.05, 0.1) is 26.4 Å². The lowest BCUT2D eigenvalue weighted by Crippen LogP contribution is -2.59. The van der Waals surface area contributed by atoms with E-state index in [2.05, 4.69) is 16.0 Å². The Hall–Kier alpha value is -2.77. The van der Waals surface area contributed by atoms with E-state index in [1.807, 2.05) is 5.32 Å². The maximum absolute atomic E-state index is 12.0. The Morgan fingerprint density at radius 1 is 0.808 bits per heavy atom. The maximum Gasteiger partial charge on any atom is 0.245 e. The molecule has 0 aliphatic heterocycles. The fraction of sp³-hybridized carbons (Fsp3) is 0.615. The molecule has 9 N–H and O–H groups in total. The fourth-order valence-corrected chi connectivity index (χ4v) is 1.59. The summed E-state index contributed by atoms with van der Waals surface area (Å²) in [5.41, 5.74) is 4.94. The second-order valence-electron chi connectivity index (χ2n) is 5.10. The van der Waals surface area contributed by atoms with E-state index < -0.39 is 74.0 Å². The Labute approximate surface area is 148 Å². The van der Waals surface area contributed by atoms with Crippen LogP contribution in [-0.2, 0) is 24.0 Å². The highest BCUT2D eigenvalue weighted by Crippen LogP contribution is 1.91. The molecule has 26 heavy (non-hydrogen) atoms. The molecule has 0 radical (unpaired) electrons. The summed E-state index contributed by atoms with van der Waals surface area (Å²) in [6, 6.07) is -4.40. The van der Waals surface area contributed by atoms with Crippen LogP contribution in [0.15, 0.2) is 0 Å². The van der Waals surface area contributed by atoms with E-state index in [0.29, 0.717) is 0 Å². The van der Waals surface area contributed by atoms with Gasteiger partial charge in [-0.05, 0) is 0 Å². The Morgan fingerprint density at radius 3 is 1.62 bits per heavy atom. The van der Waals surface area contributed by atoms with Crippen LogP contribution in [0.2, 0.25) is 0 Å². The molecule has 0 saturated heterocycles. The first kappa shape index (κ1) is 23.2. The number of nitrogens with two attached hydrogens (primary N) is 1. The molecule has 0 aliphatic carbocycles. The monoisotopic (exact) mass is 377 g/mol. The molecule has 0 aromatic heterocycles. The summed E-state index contributed by atoms with van der Waals surface area (Å²) in [7, 11) is 0. The van der Waals surface area contributed by atoms with Crippen molar-refractivity contribution >= 4 is 29.5 Å². The van der Waals surface area contributed by atoms with Crippen molar-refractivity contribution in [2.45, 2.75) is 25.0 Å². The van der Waals surface area contributed by atoms with Crippen LogP contribution in [0, 0.1) is 0 Å². The minimum absolute atomic E-state index is 0.431. The van der Waals surface area contributed by atoms with Gasteiger partial charge < -0.3 is 42.3 Å². The molecule has 13 heteroatoms. The minimum atomic E-state index is -1.53. The largest absolute Gasteiger partial charge is 0.394 e. The molecule has 0 bridgehead atoms. The topological polar surface area (TPSA) is 220 Å². The summed E-state index contributed by atoms with van der Waals surface area (Å²) in [5.74, 6) is -4.29. The van der Waals surface area contributed by atoms with Crippen molar-refractivity contribution in [1.82, 2.24) is 21.3 Å². The van der Waals surface area contributed by atoms with E-state index in [9.17, 15) is 34.2 Å². The normalized spacial score (nSPS) is 13.7. The van der Waals surface area contributed by atoms with Crippen LogP contribution in [0.4, 0.5) is 0 Å². The van der Waals surface area contributed by atoms with Crippen LogP contribution >= 0.6 is 0 Å². The van der Waals surface area contributed by atoms with Gasteiger partial charge in [0.1, 0.15) is 18.1 Å². The molecule has 13 nitrogen and oxygen atoms in total. The summed E-state index contributed by atoms with van der Waals surface area (Å²) in [6.07, 6.45) is 0. The summed E-state index contributed by atoms with van der Waals surface area (Å²) in [6.45, 7) is -1.73. The number of nitrogens with one attached hydrogen (secondary N) is 4. The smallest absolute Gasteiger partial charge is 0.245 e. The Morgan fingerprint density at radius 2 is 1.23 bits per heavy atom. The van der Waals surface area contributed by atoms with E-state index in [4.69, 9.17) is 10.8 Å². The van der Waals surface area contributed by atoms with Crippen molar-refractivity contribution in [3.05, 3.63) is 0 Å². The maximum atomic E-state index is 12.0. The van der Waals surface area contributed by atoms with Gasteiger partial charge in [-0.3, -0.25) is 24.0 Å². The lowest BCUT2D eigenvalue weighted by molar-refractivity contribution is -0.135. The Balaban J connectivity index is 4.78. The van der Waals surface area contributed by atoms with Crippen molar-refractivity contribution in [3.8, 4) is 0 Å². The third kappa shape index (κ3) is 8.36. The molecule has 5 amide bonds. The molecule has 0 heterocycles. The highest BCUT2D eigenvalue weighted by Gasteiger charge is 2.28. The van der Waals surface area contributed by atoms with E-state index in [1.54, 1.807) is 0 Å². The van der Waals surface area contributed by atoms with Gasteiger partial charge >= 0.3 is 0 Å². The number of rotatable bonds is 11. The van der Waals surface area contributed by atoms with Crippen LogP contribution in [0.25, 0.3) is 0 Å². The van der Waals surface area contributed by atoms with Crippen LogP contribution in [0.3, 0.4) is 0 Å². The van der Waals surface area contributed by atoms with Gasteiger partial charge in [-0.25, -0.2) is 0 Å². The standard InChI is InChI=1S/C13H23N5O8/c1-6(22)15-2-10(23)16-8(4-20)12(25)18-9(5-21)13(26)17-7(3-19)11(14)24/h7-9,19-21H,2-5H2,1H3,(H2,14,24)(H,15,22)(H,16,23)(H,17,26)(H,18,25)/t7-,8-,9-/m0/s1. The van der Waals surface area contributed by atoms with E-state index in [-0.39, 0.29) is 0 Å². The molecule has 148 valence electrons. The molecular weight excluding hydrogens is 354 g/mol. The highest BCUT2D eigenvalue weighted by atomic mass is 16.3. The van der Waals surface area contributed by atoms with Crippen LogP contribution in [-0.4, -0.2) is 89.3 Å². The Bertz CT molecular complexity index is 541. The fourth-order valence-electron chi connectivity index (χ4n) is 1.59. The number of hydrogen-bond acceptors (Lipinski definition) is 8. The minimum Gasteiger partial charge on any atom is -0.394 e. The molecule has 0 fully saturated rings. The highest BCUT2D eigenvalue weighted by molar-refractivity contribution is 5.94. The van der Waals surface area contributed by atoms with Crippen molar-refractivity contribution in [1.29, 1.82) is 0 Å². The molecule has 0 rings (SSSR count). The molecular formula is C13H23N5O8. The van der Waals surface area contributed by atoms with Gasteiger partial charge in [0.2, 0.25) is 29.5 Å². The number of aliphatic hydroxyl groups is 3. The van der Waals surface area contributed by atoms with Gasteiger partial charge in [-0.2, -0.15) is 0 Å². The average molecular weight is 377 g/mol. The van der Waals surface area contributed by atoms with Gasteiger partial charge in [0.25, 0.3) is 0 Å². The summed E-state index contributed by atoms with van der Waals surface area (Å²) in [5, 5.41) is 35.7. The van der Waals surface area contributed by atoms with Crippen LogP contribution in [0.1, 0.15) is 6.92 Å². The second kappa shape index (κ2) is 11.7.